The van der Waals surface area contributed by atoms with Gasteiger partial charge in [-0.3, -0.25) is 4.79 Å². The maximum atomic E-state index is 12.2. The van der Waals surface area contributed by atoms with E-state index >= 15 is 0 Å². The van der Waals surface area contributed by atoms with Crippen molar-refractivity contribution in [2.24, 2.45) is 23.7 Å². The summed E-state index contributed by atoms with van der Waals surface area (Å²) >= 11 is 0. The molecule has 0 aliphatic heterocycles. The molecule has 3 nitrogen and oxygen atoms in total. The van der Waals surface area contributed by atoms with Gasteiger partial charge in [0.2, 0.25) is 0 Å². The molecular weight excluding hydrogens is 252 g/mol. The Balaban J connectivity index is 1.83. The number of carbonyl (C=O) groups excluding carboxylic acids is 1. The van der Waals surface area contributed by atoms with Gasteiger partial charge in [-0.15, -0.1) is 0 Å². The number of ether oxygens (including phenoxy) is 2. The van der Waals surface area contributed by atoms with E-state index in [9.17, 15) is 4.79 Å². The Labute approximate surface area is 123 Å². The van der Waals surface area contributed by atoms with Crippen LogP contribution in [-0.4, -0.2) is 24.8 Å². The molecule has 2 saturated carbocycles. The largest absolute Gasteiger partial charge is 0.462 e. The van der Waals surface area contributed by atoms with E-state index in [-0.39, 0.29) is 24.1 Å². The molecule has 2 rings (SSSR count). The summed E-state index contributed by atoms with van der Waals surface area (Å²) in [4.78, 5) is 12.2. The van der Waals surface area contributed by atoms with E-state index in [1.54, 1.807) is 0 Å². The van der Waals surface area contributed by atoms with E-state index in [0.29, 0.717) is 17.8 Å². The lowest BCUT2D eigenvalue weighted by Gasteiger charge is -2.36. The first-order chi connectivity index (χ1) is 9.52. The summed E-state index contributed by atoms with van der Waals surface area (Å²) in [6.07, 6.45) is 5.60. The molecule has 0 N–H and O–H groups in total. The summed E-state index contributed by atoms with van der Waals surface area (Å²) in [6, 6.07) is 0. The number of carbonyl (C=O) groups is 1. The summed E-state index contributed by atoms with van der Waals surface area (Å²) < 4.78 is 11.5. The highest BCUT2D eigenvalue weighted by Gasteiger charge is 2.47. The van der Waals surface area contributed by atoms with Crippen LogP contribution in [0.1, 0.15) is 59.8 Å². The van der Waals surface area contributed by atoms with Crippen LogP contribution in [0.5, 0.6) is 0 Å². The molecule has 2 aliphatic carbocycles. The Hall–Kier alpha value is -0.570. The van der Waals surface area contributed by atoms with Crippen molar-refractivity contribution in [3.63, 3.8) is 0 Å². The Morgan fingerprint density at radius 3 is 2.60 bits per heavy atom. The lowest BCUT2D eigenvalue weighted by molar-refractivity contribution is -0.158. The minimum Gasteiger partial charge on any atom is -0.462 e. The fraction of sp³-hybridized carbons (Fsp3) is 0.941. The highest BCUT2D eigenvalue weighted by atomic mass is 16.6. The van der Waals surface area contributed by atoms with Crippen LogP contribution in [-0.2, 0) is 14.3 Å². The Morgan fingerprint density at radius 1 is 1.20 bits per heavy atom. The molecule has 20 heavy (non-hydrogen) atoms. The maximum Gasteiger partial charge on any atom is 0.311 e. The summed E-state index contributed by atoms with van der Waals surface area (Å²) in [5.41, 5.74) is 0. The molecule has 0 heterocycles. The zero-order valence-corrected chi connectivity index (χ0v) is 13.4. The molecule has 0 aromatic rings. The average molecular weight is 282 g/mol. The smallest absolute Gasteiger partial charge is 0.311 e. The molecular formula is C17H30O3. The van der Waals surface area contributed by atoms with Gasteiger partial charge in [0.25, 0.3) is 0 Å². The van der Waals surface area contributed by atoms with Crippen molar-refractivity contribution in [3.05, 3.63) is 0 Å². The molecule has 0 amide bonds. The molecule has 0 spiro atoms. The zero-order valence-electron chi connectivity index (χ0n) is 13.4. The summed E-state index contributed by atoms with van der Waals surface area (Å²) in [6.45, 7) is 9.59. The molecule has 116 valence electrons. The number of esters is 1. The Kier molecular flexibility index (Phi) is 5.48. The summed E-state index contributed by atoms with van der Waals surface area (Å²) in [7, 11) is 0. The van der Waals surface area contributed by atoms with Gasteiger partial charge in [-0.25, -0.2) is 0 Å². The predicted octanol–water partition coefficient (Wildman–Crippen LogP) is 3.81. The van der Waals surface area contributed by atoms with Gasteiger partial charge in [0, 0.05) is 6.61 Å². The van der Waals surface area contributed by atoms with Gasteiger partial charge >= 0.3 is 5.97 Å². The maximum absolute atomic E-state index is 12.2. The molecule has 2 fully saturated rings. The van der Waals surface area contributed by atoms with Crippen LogP contribution in [0.2, 0.25) is 0 Å². The standard InChI is InChI=1S/C17H30O3/c1-5-8-19-15-10-14(15)17(18)20-16-9-12(4)6-7-13(16)11(2)3/h11-16H,5-10H2,1-4H3. The minimum atomic E-state index is -0.0177. The van der Waals surface area contributed by atoms with Crippen LogP contribution in [0.25, 0.3) is 0 Å². The van der Waals surface area contributed by atoms with Gasteiger partial charge < -0.3 is 9.47 Å². The third kappa shape index (κ3) is 3.97. The van der Waals surface area contributed by atoms with Crippen molar-refractivity contribution in [2.45, 2.75) is 72.0 Å². The second-order valence-corrected chi connectivity index (χ2v) is 7.05. The third-order valence-corrected chi connectivity index (χ3v) is 4.80. The van der Waals surface area contributed by atoms with Crippen LogP contribution in [0.4, 0.5) is 0 Å². The van der Waals surface area contributed by atoms with E-state index in [4.69, 9.17) is 9.47 Å². The van der Waals surface area contributed by atoms with Crippen LogP contribution in [0, 0.1) is 23.7 Å². The van der Waals surface area contributed by atoms with Gasteiger partial charge in [0.15, 0.2) is 0 Å². The molecule has 0 saturated heterocycles. The molecule has 3 heteroatoms. The normalized spacial score (nSPS) is 37.0. The highest BCUT2D eigenvalue weighted by Crippen LogP contribution is 2.39. The van der Waals surface area contributed by atoms with E-state index in [0.717, 1.165) is 25.9 Å². The van der Waals surface area contributed by atoms with Gasteiger partial charge in [-0.1, -0.05) is 34.1 Å². The summed E-state index contributed by atoms with van der Waals surface area (Å²) in [5.74, 6) is 1.78. The second-order valence-electron chi connectivity index (χ2n) is 7.05. The Bertz CT molecular complexity index is 326. The van der Waals surface area contributed by atoms with Gasteiger partial charge in [0.1, 0.15) is 6.10 Å². The van der Waals surface area contributed by atoms with Gasteiger partial charge in [-0.05, 0) is 43.4 Å². The van der Waals surface area contributed by atoms with Crippen LogP contribution in [0.15, 0.2) is 0 Å². The second kappa shape index (κ2) is 6.93. The molecule has 0 aromatic heterocycles. The fourth-order valence-electron chi connectivity index (χ4n) is 3.36. The first kappa shape index (κ1) is 15.8. The highest BCUT2D eigenvalue weighted by molar-refractivity contribution is 5.76. The lowest BCUT2D eigenvalue weighted by Crippen LogP contribution is -2.36. The van der Waals surface area contributed by atoms with Crippen molar-refractivity contribution < 1.29 is 14.3 Å². The molecule has 0 bridgehead atoms. The molecule has 0 radical (unpaired) electrons. The topological polar surface area (TPSA) is 35.5 Å². The van der Waals surface area contributed by atoms with E-state index in [1.165, 1.54) is 12.8 Å². The van der Waals surface area contributed by atoms with Crippen molar-refractivity contribution in [2.75, 3.05) is 6.61 Å². The third-order valence-electron chi connectivity index (χ3n) is 4.80. The van der Waals surface area contributed by atoms with E-state index < -0.39 is 0 Å². The number of hydrogen-bond acceptors (Lipinski definition) is 3. The molecule has 0 aromatic carbocycles. The van der Waals surface area contributed by atoms with Crippen molar-refractivity contribution in [1.82, 2.24) is 0 Å². The quantitative estimate of drug-likeness (QED) is 0.695. The van der Waals surface area contributed by atoms with Gasteiger partial charge in [-0.2, -0.15) is 0 Å². The van der Waals surface area contributed by atoms with Crippen molar-refractivity contribution in [1.29, 1.82) is 0 Å². The van der Waals surface area contributed by atoms with Crippen LogP contribution >= 0.6 is 0 Å². The number of rotatable bonds is 6. The van der Waals surface area contributed by atoms with E-state index in [1.807, 2.05) is 0 Å². The average Bonchev–Trinajstić information content (AvgIpc) is 3.15. The van der Waals surface area contributed by atoms with Crippen molar-refractivity contribution in [3.8, 4) is 0 Å². The molecule has 5 unspecified atom stereocenters. The zero-order chi connectivity index (χ0) is 14.7. The summed E-state index contributed by atoms with van der Waals surface area (Å²) in [5, 5.41) is 0. The monoisotopic (exact) mass is 282 g/mol. The predicted molar refractivity (Wildman–Crippen MR) is 79.4 cm³/mol. The van der Waals surface area contributed by atoms with Gasteiger partial charge in [0.05, 0.1) is 12.0 Å². The Morgan fingerprint density at radius 2 is 1.95 bits per heavy atom. The van der Waals surface area contributed by atoms with E-state index in [2.05, 4.69) is 27.7 Å². The SMILES string of the molecule is CCCOC1CC1C(=O)OC1CC(C)CCC1C(C)C. The first-order valence-corrected chi connectivity index (χ1v) is 8.35. The minimum absolute atomic E-state index is 0.00611. The van der Waals surface area contributed by atoms with Crippen molar-refractivity contribution >= 4 is 5.97 Å². The lowest BCUT2D eigenvalue weighted by atomic mass is 9.75. The molecule has 5 atom stereocenters. The molecule has 2 aliphatic rings. The first-order valence-electron chi connectivity index (χ1n) is 8.35. The number of hydrogen-bond donors (Lipinski definition) is 0. The fourth-order valence-corrected chi connectivity index (χ4v) is 3.36. The van der Waals surface area contributed by atoms with Crippen LogP contribution in [0.3, 0.4) is 0 Å². The van der Waals surface area contributed by atoms with Crippen LogP contribution < -0.4 is 0 Å².